The minimum atomic E-state index is 0. The van der Waals surface area contributed by atoms with Gasteiger partial charge in [-0.2, -0.15) is 0 Å². The lowest BCUT2D eigenvalue weighted by molar-refractivity contribution is -0.116. The summed E-state index contributed by atoms with van der Waals surface area (Å²) in [5, 5.41) is 6.79. The van der Waals surface area contributed by atoms with Crippen molar-refractivity contribution < 1.29 is 4.79 Å². The zero-order valence-electron chi connectivity index (χ0n) is 9.16. The second-order valence-corrected chi connectivity index (χ2v) is 5.12. The first kappa shape index (κ1) is 13.4. The molecule has 1 amide bonds. The Morgan fingerprint density at radius 3 is 3.12 bits per heavy atom. The fraction of sp³-hybridized carbons (Fsp3) is 0.600. The number of aromatic nitrogens is 1. The van der Waals surface area contributed by atoms with Crippen molar-refractivity contribution in [1.82, 2.24) is 10.3 Å². The monoisotopic (exact) mass is 261 g/mol. The maximum Gasteiger partial charge on any atom is 0.226 e. The number of carbonyl (C=O) groups is 1. The van der Waals surface area contributed by atoms with Crippen molar-refractivity contribution in [1.29, 1.82) is 0 Å². The third kappa shape index (κ3) is 3.73. The highest BCUT2D eigenvalue weighted by Gasteiger charge is 2.18. The summed E-state index contributed by atoms with van der Waals surface area (Å²) in [4.78, 5) is 16.8. The highest BCUT2D eigenvalue weighted by Crippen LogP contribution is 2.18. The topological polar surface area (TPSA) is 54.0 Å². The smallest absolute Gasteiger partial charge is 0.226 e. The van der Waals surface area contributed by atoms with Gasteiger partial charge in [0.2, 0.25) is 5.91 Å². The van der Waals surface area contributed by atoms with E-state index in [4.69, 9.17) is 0 Å². The molecule has 2 N–H and O–H groups in total. The molecule has 0 saturated carbocycles. The first-order valence-electron chi connectivity index (χ1n) is 5.17. The van der Waals surface area contributed by atoms with E-state index in [1.807, 2.05) is 6.92 Å². The van der Waals surface area contributed by atoms with Gasteiger partial charge in [-0.25, -0.2) is 4.98 Å². The van der Waals surface area contributed by atoms with Gasteiger partial charge in [0.15, 0.2) is 5.13 Å². The van der Waals surface area contributed by atoms with Crippen molar-refractivity contribution in [2.75, 3.05) is 18.4 Å². The lowest BCUT2D eigenvalue weighted by atomic mass is 10.1. The van der Waals surface area contributed by atoms with Crippen LogP contribution in [0.2, 0.25) is 0 Å². The van der Waals surface area contributed by atoms with Crippen LogP contribution in [0.4, 0.5) is 5.13 Å². The van der Waals surface area contributed by atoms with Crippen LogP contribution >= 0.6 is 23.7 Å². The number of hydrogen-bond acceptors (Lipinski definition) is 4. The second-order valence-electron chi connectivity index (χ2n) is 3.89. The molecule has 1 atom stereocenters. The van der Waals surface area contributed by atoms with Gasteiger partial charge in [0, 0.05) is 17.5 Å². The molecule has 1 aromatic rings. The third-order valence-electron chi connectivity index (χ3n) is 2.50. The van der Waals surface area contributed by atoms with E-state index in [0.717, 1.165) is 24.4 Å². The molecule has 4 nitrogen and oxygen atoms in total. The number of hydrogen-bond donors (Lipinski definition) is 2. The van der Waals surface area contributed by atoms with E-state index in [2.05, 4.69) is 15.6 Å². The van der Waals surface area contributed by atoms with E-state index in [9.17, 15) is 4.79 Å². The first-order chi connectivity index (χ1) is 7.24. The average Bonchev–Trinajstić information content (AvgIpc) is 2.77. The van der Waals surface area contributed by atoms with Crippen LogP contribution in [0.1, 0.15) is 17.7 Å². The average molecular weight is 262 g/mol. The van der Waals surface area contributed by atoms with Crippen LogP contribution in [0.3, 0.4) is 0 Å². The summed E-state index contributed by atoms with van der Waals surface area (Å²) in [6, 6.07) is 0. The molecule has 1 aromatic heterocycles. The summed E-state index contributed by atoms with van der Waals surface area (Å²) in [5.74, 6) is 0.573. The SMILES string of the molecule is Cc1cnc(NC(=O)CC2CCNC2)s1.Cl. The molecule has 0 aliphatic carbocycles. The van der Waals surface area contributed by atoms with Crippen LogP contribution in [0.25, 0.3) is 0 Å². The van der Waals surface area contributed by atoms with Crippen molar-refractivity contribution in [3.8, 4) is 0 Å². The Hall–Kier alpha value is -0.650. The molecule has 1 unspecified atom stereocenters. The number of nitrogens with zero attached hydrogens (tertiary/aromatic N) is 1. The molecule has 2 heterocycles. The zero-order chi connectivity index (χ0) is 10.7. The lowest BCUT2D eigenvalue weighted by Gasteiger charge is -2.06. The molecule has 1 aliphatic heterocycles. The minimum absolute atomic E-state index is 0. The number of aryl methyl sites for hydroxylation is 1. The number of amides is 1. The van der Waals surface area contributed by atoms with Gasteiger partial charge in [-0.3, -0.25) is 4.79 Å². The lowest BCUT2D eigenvalue weighted by Crippen LogP contribution is -2.18. The Morgan fingerprint density at radius 2 is 2.56 bits per heavy atom. The highest BCUT2D eigenvalue weighted by atomic mass is 35.5. The van der Waals surface area contributed by atoms with Gasteiger partial charge < -0.3 is 10.6 Å². The van der Waals surface area contributed by atoms with E-state index >= 15 is 0 Å². The first-order valence-corrected chi connectivity index (χ1v) is 5.98. The highest BCUT2D eigenvalue weighted by molar-refractivity contribution is 7.15. The predicted molar refractivity (Wildman–Crippen MR) is 68.3 cm³/mol. The molecular weight excluding hydrogens is 246 g/mol. The van der Waals surface area contributed by atoms with Crippen molar-refractivity contribution in [2.45, 2.75) is 19.8 Å². The summed E-state index contributed by atoms with van der Waals surface area (Å²) < 4.78 is 0. The Labute approximate surface area is 105 Å². The number of carbonyl (C=O) groups excluding carboxylic acids is 1. The fourth-order valence-corrected chi connectivity index (χ4v) is 2.41. The molecule has 90 valence electrons. The molecule has 0 bridgehead atoms. The van der Waals surface area contributed by atoms with Crippen molar-refractivity contribution in [3.63, 3.8) is 0 Å². The second kappa shape index (κ2) is 6.18. The van der Waals surface area contributed by atoms with E-state index in [1.165, 1.54) is 11.3 Å². The molecule has 2 rings (SSSR count). The minimum Gasteiger partial charge on any atom is -0.316 e. The third-order valence-corrected chi connectivity index (χ3v) is 3.33. The zero-order valence-corrected chi connectivity index (χ0v) is 10.8. The molecule has 1 saturated heterocycles. The van der Waals surface area contributed by atoms with Crippen LogP contribution in [-0.4, -0.2) is 24.0 Å². The van der Waals surface area contributed by atoms with Crippen molar-refractivity contribution in [3.05, 3.63) is 11.1 Å². The summed E-state index contributed by atoms with van der Waals surface area (Å²) in [5.41, 5.74) is 0. The largest absolute Gasteiger partial charge is 0.316 e. The molecule has 0 radical (unpaired) electrons. The summed E-state index contributed by atoms with van der Waals surface area (Å²) in [7, 11) is 0. The molecule has 1 aliphatic rings. The molecule has 0 spiro atoms. The number of rotatable bonds is 3. The van der Waals surface area contributed by atoms with Gasteiger partial charge in [0.05, 0.1) is 0 Å². The van der Waals surface area contributed by atoms with Crippen LogP contribution in [0, 0.1) is 12.8 Å². The van der Waals surface area contributed by atoms with E-state index in [0.29, 0.717) is 17.5 Å². The molecule has 1 fully saturated rings. The molecule has 16 heavy (non-hydrogen) atoms. The van der Waals surface area contributed by atoms with E-state index in [1.54, 1.807) is 6.20 Å². The van der Waals surface area contributed by atoms with Gasteiger partial charge in [-0.05, 0) is 32.4 Å². The van der Waals surface area contributed by atoms with Crippen molar-refractivity contribution >= 4 is 34.8 Å². The fourth-order valence-electron chi connectivity index (χ4n) is 1.73. The maximum absolute atomic E-state index is 11.6. The summed E-state index contributed by atoms with van der Waals surface area (Å²) in [6.45, 7) is 3.98. The van der Waals surface area contributed by atoms with Crippen LogP contribution in [0.15, 0.2) is 6.20 Å². The normalized spacial score (nSPS) is 19.2. The number of nitrogens with one attached hydrogen (secondary N) is 2. The Balaban J connectivity index is 0.00000128. The van der Waals surface area contributed by atoms with Crippen LogP contribution < -0.4 is 10.6 Å². The van der Waals surface area contributed by atoms with Gasteiger partial charge in [0.25, 0.3) is 0 Å². The summed E-state index contributed by atoms with van der Waals surface area (Å²) in [6.07, 6.45) is 3.48. The van der Waals surface area contributed by atoms with Gasteiger partial charge in [0.1, 0.15) is 0 Å². The Kier molecular flexibility index (Phi) is 5.18. The van der Waals surface area contributed by atoms with Gasteiger partial charge >= 0.3 is 0 Å². The van der Waals surface area contributed by atoms with Gasteiger partial charge in [-0.1, -0.05) is 0 Å². The van der Waals surface area contributed by atoms with Gasteiger partial charge in [-0.15, -0.1) is 23.7 Å². The van der Waals surface area contributed by atoms with E-state index in [-0.39, 0.29) is 18.3 Å². The van der Waals surface area contributed by atoms with Crippen LogP contribution in [-0.2, 0) is 4.79 Å². The molecule has 6 heteroatoms. The quantitative estimate of drug-likeness (QED) is 0.873. The molecular formula is C10H16ClN3OS. The van der Waals surface area contributed by atoms with Crippen molar-refractivity contribution in [2.24, 2.45) is 5.92 Å². The maximum atomic E-state index is 11.6. The molecule has 0 aromatic carbocycles. The number of thiazole rings is 1. The summed E-state index contributed by atoms with van der Waals surface area (Å²) >= 11 is 1.52. The Morgan fingerprint density at radius 1 is 1.75 bits per heavy atom. The number of halogens is 1. The number of anilines is 1. The van der Waals surface area contributed by atoms with E-state index < -0.39 is 0 Å². The Bertz CT molecular complexity index is 350. The standard InChI is InChI=1S/C10H15N3OS.ClH/c1-7-5-12-10(15-7)13-9(14)4-8-2-3-11-6-8;/h5,8,11H,2-4,6H2,1H3,(H,12,13,14);1H. The van der Waals surface area contributed by atoms with Crippen LogP contribution in [0.5, 0.6) is 0 Å². The predicted octanol–water partition coefficient (Wildman–Crippen LogP) is 1.81.